The number of piperazine rings is 1. The Morgan fingerprint density at radius 3 is 2.00 bits per heavy atom. The molecule has 0 spiro atoms. The summed E-state index contributed by atoms with van der Waals surface area (Å²) in [4.78, 5) is 29.6. The van der Waals surface area contributed by atoms with Crippen molar-refractivity contribution in [3.63, 3.8) is 0 Å². The van der Waals surface area contributed by atoms with Crippen molar-refractivity contribution < 1.29 is 9.59 Å². The van der Waals surface area contributed by atoms with Gasteiger partial charge in [0.05, 0.1) is 5.92 Å². The molecule has 1 fully saturated rings. The number of amides is 2. The van der Waals surface area contributed by atoms with Crippen molar-refractivity contribution in [2.24, 2.45) is 0 Å². The van der Waals surface area contributed by atoms with Crippen molar-refractivity contribution >= 4 is 23.2 Å². The summed E-state index contributed by atoms with van der Waals surface area (Å²) in [5.41, 5.74) is 3.67. The number of benzene rings is 3. The molecule has 1 atom stereocenters. The molecule has 5 heteroatoms. The molecule has 1 saturated heterocycles. The molecule has 0 radical (unpaired) electrons. The van der Waals surface area contributed by atoms with Crippen molar-refractivity contribution in [1.82, 2.24) is 4.90 Å². The molecule has 0 aromatic heterocycles. The van der Waals surface area contributed by atoms with E-state index in [1.165, 1.54) is 0 Å². The molecule has 0 aliphatic carbocycles. The van der Waals surface area contributed by atoms with Crippen LogP contribution in [0.5, 0.6) is 0 Å². The third-order valence-corrected chi connectivity index (χ3v) is 6.01. The molecule has 2 amide bonds. The summed E-state index contributed by atoms with van der Waals surface area (Å²) in [5, 5.41) is 3.05. The fourth-order valence-corrected chi connectivity index (χ4v) is 4.17. The number of hydrogen-bond donors (Lipinski definition) is 1. The first-order valence-electron chi connectivity index (χ1n) is 11.2. The quantitative estimate of drug-likeness (QED) is 0.616. The first-order valence-corrected chi connectivity index (χ1v) is 11.2. The van der Waals surface area contributed by atoms with Crippen LogP contribution < -0.4 is 10.2 Å². The summed E-state index contributed by atoms with van der Waals surface area (Å²) in [6.45, 7) is 5.00. The molecular formula is C27H29N3O2. The molecule has 5 nitrogen and oxygen atoms in total. The summed E-state index contributed by atoms with van der Waals surface area (Å²) < 4.78 is 0. The van der Waals surface area contributed by atoms with Crippen LogP contribution in [0.3, 0.4) is 0 Å². The number of carbonyl (C=O) groups excluding carboxylic acids is 2. The van der Waals surface area contributed by atoms with Crippen LogP contribution in [0.25, 0.3) is 0 Å². The highest BCUT2D eigenvalue weighted by atomic mass is 16.2. The van der Waals surface area contributed by atoms with Gasteiger partial charge in [-0.25, -0.2) is 0 Å². The maximum absolute atomic E-state index is 12.8. The number of rotatable bonds is 6. The van der Waals surface area contributed by atoms with E-state index >= 15 is 0 Å². The smallest absolute Gasteiger partial charge is 0.253 e. The number of carbonyl (C=O) groups is 2. The van der Waals surface area contributed by atoms with Gasteiger partial charge in [0, 0.05) is 43.1 Å². The molecule has 4 rings (SSSR count). The predicted octanol–water partition coefficient (Wildman–Crippen LogP) is 4.78. The highest BCUT2D eigenvalue weighted by Crippen LogP contribution is 2.24. The fourth-order valence-electron chi connectivity index (χ4n) is 4.17. The lowest BCUT2D eigenvalue weighted by molar-refractivity contribution is -0.117. The molecule has 32 heavy (non-hydrogen) atoms. The molecule has 3 aromatic carbocycles. The van der Waals surface area contributed by atoms with Crippen LogP contribution in [0, 0.1) is 0 Å². The number of hydrogen-bond acceptors (Lipinski definition) is 3. The van der Waals surface area contributed by atoms with Crippen LogP contribution in [0.2, 0.25) is 0 Å². The van der Waals surface area contributed by atoms with Gasteiger partial charge in [-0.05, 0) is 48.4 Å². The zero-order valence-corrected chi connectivity index (χ0v) is 18.4. The summed E-state index contributed by atoms with van der Waals surface area (Å²) in [6, 6.07) is 27.3. The molecule has 0 saturated carbocycles. The molecule has 3 aromatic rings. The zero-order valence-electron chi connectivity index (χ0n) is 18.4. The van der Waals surface area contributed by atoms with Crippen molar-refractivity contribution in [3.8, 4) is 0 Å². The summed E-state index contributed by atoms with van der Waals surface area (Å²) in [6.07, 6.45) is 0.750. The Morgan fingerprint density at radius 2 is 1.41 bits per heavy atom. The van der Waals surface area contributed by atoms with E-state index < -0.39 is 0 Å². The minimum atomic E-state index is -0.161. The van der Waals surface area contributed by atoms with Gasteiger partial charge in [-0.3, -0.25) is 9.59 Å². The fraction of sp³-hybridized carbons (Fsp3) is 0.259. The van der Waals surface area contributed by atoms with Gasteiger partial charge in [0.2, 0.25) is 5.91 Å². The Hall–Kier alpha value is -3.60. The monoisotopic (exact) mass is 427 g/mol. The molecule has 1 aliphatic rings. The molecule has 1 unspecified atom stereocenters. The molecule has 1 N–H and O–H groups in total. The van der Waals surface area contributed by atoms with Crippen molar-refractivity contribution in [2.45, 2.75) is 19.3 Å². The average molecular weight is 428 g/mol. The second kappa shape index (κ2) is 10.1. The minimum absolute atomic E-state index is 0.0134. The minimum Gasteiger partial charge on any atom is -0.368 e. The van der Waals surface area contributed by atoms with E-state index in [1.54, 1.807) is 0 Å². The van der Waals surface area contributed by atoms with Gasteiger partial charge in [-0.1, -0.05) is 55.5 Å². The van der Waals surface area contributed by atoms with E-state index in [0.717, 1.165) is 42.0 Å². The Kier molecular flexibility index (Phi) is 6.85. The molecule has 164 valence electrons. The third-order valence-electron chi connectivity index (χ3n) is 6.01. The van der Waals surface area contributed by atoms with E-state index in [-0.39, 0.29) is 17.7 Å². The van der Waals surface area contributed by atoms with E-state index in [9.17, 15) is 9.59 Å². The zero-order chi connectivity index (χ0) is 22.3. The van der Waals surface area contributed by atoms with Gasteiger partial charge in [-0.2, -0.15) is 0 Å². The van der Waals surface area contributed by atoms with Crippen LogP contribution >= 0.6 is 0 Å². The summed E-state index contributed by atoms with van der Waals surface area (Å²) in [7, 11) is 0. The van der Waals surface area contributed by atoms with Gasteiger partial charge in [0.25, 0.3) is 5.91 Å². The molecular weight excluding hydrogens is 398 g/mol. The van der Waals surface area contributed by atoms with Crippen LogP contribution in [0.15, 0.2) is 84.9 Å². The maximum atomic E-state index is 12.8. The largest absolute Gasteiger partial charge is 0.368 e. The van der Waals surface area contributed by atoms with Crippen LogP contribution in [0.4, 0.5) is 11.4 Å². The van der Waals surface area contributed by atoms with E-state index in [1.807, 2.05) is 96.8 Å². The Balaban J connectivity index is 1.33. The first-order chi connectivity index (χ1) is 15.7. The highest BCUT2D eigenvalue weighted by Gasteiger charge is 2.22. The topological polar surface area (TPSA) is 52.7 Å². The van der Waals surface area contributed by atoms with Gasteiger partial charge < -0.3 is 15.1 Å². The summed E-state index contributed by atoms with van der Waals surface area (Å²) >= 11 is 0. The van der Waals surface area contributed by atoms with Crippen molar-refractivity contribution in [1.29, 1.82) is 0 Å². The standard InChI is InChI=1S/C27H29N3O2/c1-2-25(21-9-5-3-6-10-21)26(31)28-23-13-15-24(16-14-23)29-17-19-30(20-18-29)27(32)22-11-7-4-8-12-22/h3-16,25H,2,17-20H2,1H3,(H,28,31). The summed E-state index contributed by atoms with van der Waals surface area (Å²) in [5.74, 6) is -0.0576. The second-order valence-corrected chi connectivity index (χ2v) is 8.05. The average Bonchev–Trinajstić information content (AvgIpc) is 2.86. The van der Waals surface area contributed by atoms with Crippen molar-refractivity contribution in [3.05, 3.63) is 96.1 Å². The lowest BCUT2D eigenvalue weighted by Gasteiger charge is -2.36. The number of nitrogens with one attached hydrogen (secondary N) is 1. The van der Waals surface area contributed by atoms with E-state index in [4.69, 9.17) is 0 Å². The van der Waals surface area contributed by atoms with Gasteiger partial charge in [0.15, 0.2) is 0 Å². The lowest BCUT2D eigenvalue weighted by Crippen LogP contribution is -2.48. The SMILES string of the molecule is CCC(C(=O)Nc1ccc(N2CCN(C(=O)c3ccccc3)CC2)cc1)c1ccccc1. The number of nitrogens with zero attached hydrogens (tertiary/aromatic N) is 2. The molecule has 0 bridgehead atoms. The number of anilines is 2. The van der Waals surface area contributed by atoms with Crippen LogP contribution in [-0.2, 0) is 4.79 Å². The molecule has 1 heterocycles. The van der Waals surface area contributed by atoms with E-state index in [2.05, 4.69) is 10.2 Å². The second-order valence-electron chi connectivity index (χ2n) is 8.05. The Morgan fingerprint density at radius 1 is 0.812 bits per heavy atom. The highest BCUT2D eigenvalue weighted by molar-refractivity contribution is 5.96. The van der Waals surface area contributed by atoms with Gasteiger partial charge in [-0.15, -0.1) is 0 Å². The first kappa shape index (κ1) is 21.6. The lowest BCUT2D eigenvalue weighted by atomic mass is 9.95. The van der Waals surface area contributed by atoms with Crippen LogP contribution in [0.1, 0.15) is 35.2 Å². The normalized spacial score (nSPS) is 14.7. The van der Waals surface area contributed by atoms with Gasteiger partial charge in [0.1, 0.15) is 0 Å². The third kappa shape index (κ3) is 4.99. The van der Waals surface area contributed by atoms with E-state index in [0.29, 0.717) is 13.1 Å². The van der Waals surface area contributed by atoms with Gasteiger partial charge >= 0.3 is 0 Å². The Bertz CT molecular complexity index is 1030. The maximum Gasteiger partial charge on any atom is 0.253 e. The van der Waals surface area contributed by atoms with Crippen molar-refractivity contribution in [2.75, 3.05) is 36.4 Å². The Labute approximate surface area is 189 Å². The predicted molar refractivity (Wildman–Crippen MR) is 129 cm³/mol. The van der Waals surface area contributed by atoms with Crippen LogP contribution in [-0.4, -0.2) is 42.9 Å². The molecule has 1 aliphatic heterocycles.